The van der Waals surface area contributed by atoms with Gasteiger partial charge < -0.3 is 9.94 Å². The van der Waals surface area contributed by atoms with Crippen LogP contribution < -0.4 is 0 Å². The van der Waals surface area contributed by atoms with Gasteiger partial charge in [-0.3, -0.25) is 4.79 Å². The van der Waals surface area contributed by atoms with E-state index >= 15 is 0 Å². The Bertz CT molecular complexity index is 366. The maximum absolute atomic E-state index is 11.4. The summed E-state index contributed by atoms with van der Waals surface area (Å²) in [4.78, 5) is 26.7. The van der Waals surface area contributed by atoms with Crippen LogP contribution in [0.4, 0.5) is 0 Å². The van der Waals surface area contributed by atoms with Gasteiger partial charge in [-0.15, -0.1) is 10.1 Å². The van der Waals surface area contributed by atoms with Crippen molar-refractivity contribution in [1.82, 2.24) is 0 Å². The van der Waals surface area contributed by atoms with E-state index in [0.717, 1.165) is 19.3 Å². The van der Waals surface area contributed by atoms with Crippen molar-refractivity contribution >= 4 is 5.97 Å². The topological polar surface area (TPSA) is 89.7 Å². The molecule has 4 aliphatic carbocycles. The van der Waals surface area contributed by atoms with Gasteiger partial charge in [-0.05, 0) is 49.9 Å². The molecule has 0 spiro atoms. The second kappa shape index (κ2) is 3.34. The lowest BCUT2D eigenvalue weighted by molar-refractivity contribution is -0.774. The van der Waals surface area contributed by atoms with Crippen molar-refractivity contribution in [2.24, 2.45) is 23.2 Å². The maximum Gasteiger partial charge on any atom is 0.309 e. The van der Waals surface area contributed by atoms with E-state index in [2.05, 4.69) is 0 Å². The monoisotopic (exact) mass is 241 g/mol. The average Bonchev–Trinajstić information content (AvgIpc) is 2.22. The Morgan fingerprint density at radius 3 is 2.35 bits per heavy atom. The van der Waals surface area contributed by atoms with E-state index in [0.29, 0.717) is 18.8 Å². The highest BCUT2D eigenvalue weighted by molar-refractivity contribution is 5.75. The molecular formula is C11H15NO5. The van der Waals surface area contributed by atoms with Crippen molar-refractivity contribution in [2.45, 2.75) is 38.2 Å². The van der Waals surface area contributed by atoms with Crippen LogP contribution in [0.25, 0.3) is 0 Å². The highest BCUT2D eigenvalue weighted by Gasteiger charge is 2.59. The number of nitrogens with zero attached hydrogens (tertiary/aromatic N) is 1. The van der Waals surface area contributed by atoms with Crippen molar-refractivity contribution < 1.29 is 19.8 Å². The molecule has 94 valence electrons. The maximum atomic E-state index is 11.4. The van der Waals surface area contributed by atoms with E-state index in [1.165, 1.54) is 0 Å². The highest BCUT2D eigenvalue weighted by atomic mass is 17.0. The Morgan fingerprint density at radius 1 is 1.29 bits per heavy atom. The minimum absolute atomic E-state index is 0.0581. The molecule has 6 nitrogen and oxygen atoms in total. The van der Waals surface area contributed by atoms with Gasteiger partial charge in [-0.1, -0.05) is 0 Å². The molecule has 2 atom stereocenters. The van der Waals surface area contributed by atoms with Gasteiger partial charge in [0.25, 0.3) is 5.09 Å². The molecule has 0 saturated heterocycles. The third kappa shape index (κ3) is 1.50. The van der Waals surface area contributed by atoms with Crippen molar-refractivity contribution in [1.29, 1.82) is 0 Å². The SMILES string of the molecule is O=C(O)C12CC3CC(C1)C(O[N+](=O)[O-])C(C3)C2. The molecule has 4 fully saturated rings. The Balaban J connectivity index is 1.85. The minimum atomic E-state index is -0.726. The fourth-order valence-electron chi connectivity index (χ4n) is 4.51. The normalized spacial score (nSPS) is 46.8. The van der Waals surface area contributed by atoms with Gasteiger partial charge in [0.2, 0.25) is 0 Å². The molecule has 4 aliphatic rings. The van der Waals surface area contributed by atoms with E-state index in [1.807, 2.05) is 0 Å². The summed E-state index contributed by atoms with van der Waals surface area (Å²) in [7, 11) is 0. The Labute approximate surface area is 98.0 Å². The predicted octanol–water partition coefficient (Wildman–Crippen LogP) is 1.47. The second-order valence-corrected chi connectivity index (χ2v) is 5.85. The first kappa shape index (κ1) is 10.8. The van der Waals surface area contributed by atoms with E-state index in [-0.39, 0.29) is 17.9 Å². The minimum Gasteiger partial charge on any atom is -0.481 e. The first-order valence-corrected chi connectivity index (χ1v) is 6.05. The summed E-state index contributed by atoms with van der Waals surface area (Å²) in [6.07, 6.45) is 3.27. The summed E-state index contributed by atoms with van der Waals surface area (Å²) in [6.45, 7) is 0. The number of hydrogen-bond acceptors (Lipinski definition) is 4. The van der Waals surface area contributed by atoms with Gasteiger partial charge in [-0.25, -0.2) is 0 Å². The van der Waals surface area contributed by atoms with Gasteiger partial charge in [-0.2, -0.15) is 0 Å². The summed E-state index contributed by atoms with van der Waals surface area (Å²) in [6, 6.07) is 0. The van der Waals surface area contributed by atoms with Crippen LogP contribution in [0.5, 0.6) is 0 Å². The van der Waals surface area contributed by atoms with Crippen LogP contribution in [-0.2, 0) is 9.63 Å². The number of carbonyl (C=O) groups is 1. The number of hydrogen-bond donors (Lipinski definition) is 1. The third-order valence-corrected chi connectivity index (χ3v) is 4.85. The molecule has 0 aromatic carbocycles. The number of carboxylic acids is 1. The molecule has 0 aromatic rings. The first-order valence-electron chi connectivity index (χ1n) is 6.05. The number of aliphatic carboxylic acids is 1. The molecule has 0 amide bonds. The van der Waals surface area contributed by atoms with Gasteiger partial charge in [0.05, 0.1) is 5.41 Å². The molecule has 0 heterocycles. The Hall–Kier alpha value is -1.33. The zero-order chi connectivity index (χ0) is 12.2. The van der Waals surface area contributed by atoms with Crippen LogP contribution in [0, 0.1) is 33.3 Å². The lowest BCUT2D eigenvalue weighted by atomic mass is 9.48. The number of carboxylic acid groups (broad SMARTS) is 1. The molecular weight excluding hydrogens is 226 g/mol. The molecule has 6 heteroatoms. The second-order valence-electron chi connectivity index (χ2n) is 5.85. The smallest absolute Gasteiger partial charge is 0.309 e. The molecule has 0 aliphatic heterocycles. The van der Waals surface area contributed by atoms with E-state index in [4.69, 9.17) is 4.84 Å². The van der Waals surface area contributed by atoms with Crippen LogP contribution in [0.2, 0.25) is 0 Å². The van der Waals surface area contributed by atoms with E-state index in [1.54, 1.807) is 0 Å². The molecule has 4 rings (SSSR count). The quantitative estimate of drug-likeness (QED) is 0.597. The zero-order valence-corrected chi connectivity index (χ0v) is 9.37. The van der Waals surface area contributed by atoms with Crippen molar-refractivity contribution in [3.63, 3.8) is 0 Å². The molecule has 0 aromatic heterocycles. The van der Waals surface area contributed by atoms with E-state index < -0.39 is 16.5 Å². The Morgan fingerprint density at radius 2 is 1.88 bits per heavy atom. The molecule has 4 saturated carbocycles. The lowest BCUT2D eigenvalue weighted by Gasteiger charge is -2.57. The summed E-state index contributed by atoms with van der Waals surface area (Å²) in [5, 5.41) is 19.1. The first-order chi connectivity index (χ1) is 8.00. The van der Waals surface area contributed by atoms with Gasteiger partial charge >= 0.3 is 5.97 Å². The van der Waals surface area contributed by atoms with Crippen molar-refractivity contribution in [3.05, 3.63) is 10.1 Å². The van der Waals surface area contributed by atoms with Crippen LogP contribution >= 0.6 is 0 Å². The fraction of sp³-hybridized carbons (Fsp3) is 0.909. The van der Waals surface area contributed by atoms with Gasteiger partial charge in [0.15, 0.2) is 0 Å². The van der Waals surface area contributed by atoms with Crippen LogP contribution in [-0.4, -0.2) is 22.3 Å². The molecule has 0 radical (unpaired) electrons. The molecule has 2 unspecified atom stereocenters. The number of rotatable bonds is 3. The third-order valence-electron chi connectivity index (χ3n) is 4.85. The van der Waals surface area contributed by atoms with Gasteiger partial charge in [0.1, 0.15) is 6.10 Å². The summed E-state index contributed by atoms with van der Waals surface area (Å²) < 4.78 is 0. The highest BCUT2D eigenvalue weighted by Crippen LogP contribution is 2.60. The van der Waals surface area contributed by atoms with Crippen LogP contribution in [0.3, 0.4) is 0 Å². The summed E-state index contributed by atoms with van der Waals surface area (Å²) in [5.41, 5.74) is -0.618. The van der Waals surface area contributed by atoms with Crippen molar-refractivity contribution in [3.8, 4) is 0 Å². The van der Waals surface area contributed by atoms with Crippen LogP contribution in [0.1, 0.15) is 32.1 Å². The molecule has 1 N–H and O–H groups in total. The summed E-state index contributed by atoms with van der Waals surface area (Å²) >= 11 is 0. The largest absolute Gasteiger partial charge is 0.481 e. The molecule has 17 heavy (non-hydrogen) atoms. The predicted molar refractivity (Wildman–Crippen MR) is 55.5 cm³/mol. The van der Waals surface area contributed by atoms with E-state index in [9.17, 15) is 20.0 Å². The zero-order valence-electron chi connectivity index (χ0n) is 9.37. The Kier molecular flexibility index (Phi) is 2.12. The lowest BCUT2D eigenvalue weighted by Crippen LogP contribution is -2.57. The standard InChI is InChI=1S/C11H15NO5/c13-10(14)11-3-6-1-7(4-11)9(17-12(15)16)8(2-6)5-11/h6-9H,1-5H2,(H,13,14). The average molecular weight is 241 g/mol. The molecule has 4 bridgehead atoms. The fourth-order valence-corrected chi connectivity index (χ4v) is 4.51. The van der Waals surface area contributed by atoms with Gasteiger partial charge in [0, 0.05) is 0 Å². The van der Waals surface area contributed by atoms with Crippen molar-refractivity contribution in [2.75, 3.05) is 0 Å². The summed E-state index contributed by atoms with van der Waals surface area (Å²) in [5.74, 6) is -0.183. The van der Waals surface area contributed by atoms with Crippen LogP contribution in [0.15, 0.2) is 0 Å².